The summed E-state index contributed by atoms with van der Waals surface area (Å²) in [6, 6.07) is 0. The van der Waals surface area contributed by atoms with Crippen LogP contribution in [-0.4, -0.2) is 0 Å². The molecular weight excluding hydrogens is 192 g/mol. The predicted octanol–water partition coefficient (Wildman–Crippen LogP) is 5.42. The Morgan fingerprint density at radius 2 is 1.75 bits per heavy atom. The van der Waals surface area contributed by atoms with Gasteiger partial charge in [0.25, 0.3) is 0 Å². The molecule has 0 heterocycles. The van der Waals surface area contributed by atoms with Gasteiger partial charge in [-0.05, 0) is 54.5 Å². The molecule has 1 spiro atoms. The molecule has 0 aromatic rings. The van der Waals surface area contributed by atoms with Gasteiger partial charge in [0.05, 0.1) is 0 Å². The Balaban J connectivity index is 3.37. The fourth-order valence-corrected chi connectivity index (χ4v) is 1.50. The summed E-state index contributed by atoms with van der Waals surface area (Å²) in [4.78, 5) is 0. The lowest BCUT2D eigenvalue weighted by Gasteiger charge is -2.50. The van der Waals surface area contributed by atoms with E-state index in [4.69, 9.17) is 24.7 Å². The molecule has 2 saturated carbocycles. The van der Waals surface area contributed by atoms with Crippen LogP contribution in [0.2, 0.25) is 0 Å². The quantitative estimate of drug-likeness (QED) is 0.530. The Morgan fingerprint density at radius 1 is 1.12 bits per heavy atom. The van der Waals surface area contributed by atoms with Gasteiger partial charge in [-0.1, -0.05) is 46.8 Å². The zero-order valence-corrected chi connectivity index (χ0v) is 10.0. The van der Waals surface area contributed by atoms with E-state index in [9.17, 15) is 0 Å². The van der Waals surface area contributed by atoms with Crippen LogP contribution < -0.4 is 0 Å². The van der Waals surface area contributed by atoms with E-state index < -0.39 is 73.6 Å². The van der Waals surface area contributed by atoms with Crippen molar-refractivity contribution in [2.75, 3.05) is 0 Å². The SMILES string of the molecule is [2H]C1([2H])C([2H])([2H])C([2H])([2H])C2(C([2H])([2H])C1([2H])[2H])C([2H])([2H])C([2H])([2H])C([2H])(C(C)(C)C)C([2H])([2H])C2([2H])C. The Morgan fingerprint density at radius 3 is 2.31 bits per heavy atom. The van der Waals surface area contributed by atoms with Crippen LogP contribution in [-0.2, 0) is 0 Å². The van der Waals surface area contributed by atoms with Crippen LogP contribution in [0.4, 0.5) is 0 Å². The maximum absolute atomic E-state index is 9.00. The fraction of sp³-hybridized carbons (Fsp3) is 1.00. The normalized spacial score (nSPS) is 86.2. The molecule has 0 saturated heterocycles. The van der Waals surface area contributed by atoms with Crippen molar-refractivity contribution in [3.8, 4) is 0 Å². The molecule has 2 aliphatic rings. The number of hydrogen-bond acceptors (Lipinski definition) is 0. The van der Waals surface area contributed by atoms with E-state index in [-0.39, 0.29) is 0 Å². The smallest absolute Gasteiger partial charge is 0.0308 e. The first-order valence-electron chi connectivity index (χ1n) is 14.2. The average Bonchev–Trinajstić information content (AvgIpc) is 2.56. The molecule has 0 aromatic carbocycles. The minimum Gasteiger partial charge on any atom is -0.0620 e. The molecular formula is C16H30. The lowest BCUT2D eigenvalue weighted by Crippen LogP contribution is -2.40. The molecule has 0 bridgehead atoms. The van der Waals surface area contributed by atoms with E-state index in [1.54, 1.807) is 0 Å². The van der Waals surface area contributed by atoms with E-state index in [1.165, 1.54) is 20.8 Å². The van der Waals surface area contributed by atoms with E-state index in [0.29, 0.717) is 6.92 Å². The second-order valence-corrected chi connectivity index (χ2v) is 5.00. The van der Waals surface area contributed by atoms with Crippen LogP contribution in [0.5, 0.6) is 0 Å². The van der Waals surface area contributed by atoms with Crippen molar-refractivity contribution in [1.82, 2.24) is 0 Å². The molecule has 0 aromatic heterocycles. The van der Waals surface area contributed by atoms with Gasteiger partial charge in [-0.2, -0.15) is 0 Å². The van der Waals surface area contributed by atoms with Crippen LogP contribution in [0.15, 0.2) is 0 Å². The van der Waals surface area contributed by atoms with Gasteiger partial charge in [0, 0.05) is 24.7 Å². The van der Waals surface area contributed by atoms with Crippen molar-refractivity contribution >= 4 is 0 Å². The Kier molecular flexibility index (Phi) is 0.799. The molecule has 94 valence electrons. The highest BCUT2D eigenvalue weighted by atomic mass is 14.5. The highest BCUT2D eigenvalue weighted by molar-refractivity contribution is 4.94. The fourth-order valence-electron chi connectivity index (χ4n) is 1.50. The van der Waals surface area contributed by atoms with Crippen molar-refractivity contribution in [2.24, 2.45) is 22.6 Å². The van der Waals surface area contributed by atoms with Gasteiger partial charge in [0.2, 0.25) is 0 Å². The minimum atomic E-state index is -4.20. The maximum atomic E-state index is 9.00. The Hall–Kier alpha value is 0. The van der Waals surface area contributed by atoms with E-state index in [0.717, 1.165) is 0 Å². The van der Waals surface area contributed by atoms with Gasteiger partial charge in [0.1, 0.15) is 0 Å². The Labute approximate surface area is 127 Å². The summed E-state index contributed by atoms with van der Waals surface area (Å²) in [5.41, 5.74) is -5.92. The molecule has 0 nitrogen and oxygen atoms in total. The minimum absolute atomic E-state index is 0.512. The van der Waals surface area contributed by atoms with Gasteiger partial charge < -0.3 is 0 Å². The summed E-state index contributed by atoms with van der Waals surface area (Å²) >= 11 is 0. The highest BCUT2D eigenvalue weighted by Gasteiger charge is 2.43. The third kappa shape index (κ3) is 2.31. The summed E-state index contributed by atoms with van der Waals surface area (Å²) in [7, 11) is 0. The first-order valence-corrected chi connectivity index (χ1v) is 5.25. The molecule has 0 aliphatic heterocycles. The van der Waals surface area contributed by atoms with Crippen LogP contribution in [0.1, 0.15) is 103 Å². The second-order valence-electron chi connectivity index (χ2n) is 5.00. The predicted molar refractivity (Wildman–Crippen MR) is 71.5 cm³/mol. The summed E-state index contributed by atoms with van der Waals surface area (Å²) in [6.45, 7) is 4.10. The van der Waals surface area contributed by atoms with E-state index >= 15 is 0 Å². The molecule has 16 heavy (non-hydrogen) atoms. The standard InChI is InChI=1S/C16H30/c1-13-12-14(15(2,3)4)8-11-16(13)9-6-5-7-10-16/h13-14H,5-12H2,1-4H3/i5D2,6D2,7D2,8D2,9D2,10D2,11D2,12D2,13D,14D. The zero-order valence-electron chi connectivity index (χ0n) is 28.0. The first-order chi connectivity index (χ1) is 14.2. The number of rotatable bonds is 0. The van der Waals surface area contributed by atoms with E-state index in [1.807, 2.05) is 0 Å². The summed E-state index contributed by atoms with van der Waals surface area (Å²) < 4.78 is 154. The van der Waals surface area contributed by atoms with Crippen LogP contribution >= 0.6 is 0 Å². The van der Waals surface area contributed by atoms with Gasteiger partial charge >= 0.3 is 0 Å². The molecule has 2 unspecified atom stereocenters. The van der Waals surface area contributed by atoms with Crippen molar-refractivity contribution < 1.29 is 24.7 Å². The van der Waals surface area contributed by atoms with Crippen LogP contribution in [0.3, 0.4) is 0 Å². The first kappa shape index (κ1) is 2.94. The summed E-state index contributed by atoms with van der Waals surface area (Å²) in [6.07, 6.45) is -32.0. The van der Waals surface area contributed by atoms with Crippen LogP contribution in [0, 0.1) is 22.6 Å². The average molecular weight is 241 g/mol. The zero-order chi connectivity index (χ0) is 28.0. The lowest BCUT2D eigenvalue weighted by atomic mass is 9.55. The molecule has 2 fully saturated rings. The maximum Gasteiger partial charge on any atom is 0.0308 e. The molecule has 2 rings (SSSR count). The molecule has 0 heteroatoms. The van der Waals surface area contributed by atoms with Gasteiger partial charge in [0.15, 0.2) is 0 Å². The third-order valence-electron chi connectivity index (χ3n) is 2.62. The summed E-state index contributed by atoms with van der Waals surface area (Å²) in [5.74, 6) is -6.74. The van der Waals surface area contributed by atoms with Gasteiger partial charge in [-0.25, -0.2) is 0 Å². The molecule has 0 N–H and O–H groups in total. The van der Waals surface area contributed by atoms with Gasteiger partial charge in [-0.3, -0.25) is 0 Å². The van der Waals surface area contributed by atoms with Crippen molar-refractivity contribution in [3.05, 3.63) is 0 Å². The Bertz CT molecular complexity index is 813. The van der Waals surface area contributed by atoms with Crippen molar-refractivity contribution in [3.63, 3.8) is 0 Å². The van der Waals surface area contributed by atoms with E-state index in [2.05, 4.69) is 0 Å². The van der Waals surface area contributed by atoms with Crippen molar-refractivity contribution in [1.29, 1.82) is 0 Å². The number of hydrogen-bond donors (Lipinski definition) is 0. The second kappa shape index (κ2) is 4.35. The monoisotopic (exact) mass is 240 g/mol. The summed E-state index contributed by atoms with van der Waals surface area (Å²) in [5, 5.41) is 0. The largest absolute Gasteiger partial charge is 0.0620 e. The molecule has 2 aliphatic carbocycles. The van der Waals surface area contributed by atoms with Gasteiger partial charge in [-0.15, -0.1) is 0 Å². The molecule has 0 amide bonds. The van der Waals surface area contributed by atoms with Crippen molar-refractivity contribution in [2.45, 2.75) is 78.7 Å². The molecule has 0 radical (unpaired) electrons. The highest BCUT2D eigenvalue weighted by Crippen LogP contribution is 2.54. The molecule has 2 atom stereocenters. The topological polar surface area (TPSA) is 0 Å². The third-order valence-corrected chi connectivity index (χ3v) is 2.62. The lowest BCUT2D eigenvalue weighted by molar-refractivity contribution is 0.00417. The van der Waals surface area contributed by atoms with Crippen LogP contribution in [0.25, 0.3) is 0 Å².